The van der Waals surface area contributed by atoms with Crippen LogP contribution >= 0.6 is 15.9 Å². The minimum absolute atomic E-state index is 0.00274. The van der Waals surface area contributed by atoms with E-state index in [1.165, 1.54) is 4.90 Å². The van der Waals surface area contributed by atoms with Gasteiger partial charge in [0.15, 0.2) is 11.4 Å². The van der Waals surface area contributed by atoms with Gasteiger partial charge in [-0.3, -0.25) is 24.1 Å². The number of aliphatic hydroxyl groups is 3. The molecule has 13 heteroatoms. The molecule has 3 aliphatic carbocycles. The first-order chi connectivity index (χ1) is 17.7. The molecule has 0 unspecified atom stereocenters. The van der Waals surface area contributed by atoms with E-state index in [2.05, 4.69) is 21.2 Å². The number of phenols is 1. The van der Waals surface area contributed by atoms with Crippen LogP contribution in [0.2, 0.25) is 0 Å². The number of hydrogen-bond donors (Lipinski definition) is 6. The number of benzene rings is 1. The Bertz CT molecular complexity index is 1350. The Morgan fingerprint density at radius 1 is 1.18 bits per heavy atom. The van der Waals surface area contributed by atoms with Gasteiger partial charge in [0.05, 0.1) is 22.6 Å². The lowest BCUT2D eigenvalue weighted by Crippen LogP contribution is -2.65. The van der Waals surface area contributed by atoms with Crippen LogP contribution in [0.3, 0.4) is 0 Å². The number of hydrogen-bond acceptors (Lipinski definition) is 10. The molecule has 0 heterocycles. The number of nitrogens with two attached hydrogens (primary N) is 1. The molecule has 0 aliphatic heterocycles. The topological polar surface area (TPSA) is 194 Å². The zero-order chi connectivity index (χ0) is 28.4. The highest BCUT2D eigenvalue weighted by molar-refractivity contribution is 9.09. The number of carbonyl (C=O) groups excluding carboxylic acids is 4. The molecule has 1 aromatic carbocycles. The first-order valence-electron chi connectivity index (χ1n) is 11.7. The van der Waals surface area contributed by atoms with E-state index >= 15 is 0 Å². The molecular formula is C25H29BrN4O8. The Morgan fingerprint density at radius 2 is 1.82 bits per heavy atom. The van der Waals surface area contributed by atoms with E-state index in [4.69, 9.17) is 5.73 Å². The number of ketones is 2. The molecule has 1 fully saturated rings. The molecule has 0 radical (unpaired) electrons. The largest absolute Gasteiger partial charge is 0.508 e. The molecule has 38 heavy (non-hydrogen) atoms. The molecule has 0 spiro atoms. The fourth-order valence-corrected chi connectivity index (χ4v) is 6.11. The number of nitrogens with zero attached hydrogens (tertiary/aromatic N) is 2. The van der Waals surface area contributed by atoms with Crippen molar-refractivity contribution in [1.29, 1.82) is 0 Å². The number of primary amides is 1. The molecule has 7 N–H and O–H groups in total. The lowest BCUT2D eigenvalue weighted by atomic mass is 9.57. The maximum atomic E-state index is 13.9. The molecule has 0 saturated heterocycles. The summed E-state index contributed by atoms with van der Waals surface area (Å²) >= 11 is 3.04. The Kier molecular flexibility index (Phi) is 6.83. The number of Topliss-reactive ketones (excluding diaryl/α,β-unsaturated/α-hetero) is 2. The second kappa shape index (κ2) is 9.40. The Labute approximate surface area is 226 Å². The van der Waals surface area contributed by atoms with Crippen molar-refractivity contribution in [3.63, 3.8) is 0 Å². The predicted molar refractivity (Wildman–Crippen MR) is 141 cm³/mol. The van der Waals surface area contributed by atoms with E-state index in [0.29, 0.717) is 11.3 Å². The Morgan fingerprint density at radius 3 is 2.34 bits per heavy atom. The molecule has 2 amide bonds. The number of amides is 2. The lowest BCUT2D eigenvalue weighted by molar-refractivity contribution is -0.153. The van der Waals surface area contributed by atoms with Crippen molar-refractivity contribution in [2.45, 2.75) is 24.5 Å². The van der Waals surface area contributed by atoms with Crippen LogP contribution < -0.4 is 16.0 Å². The molecule has 4 atom stereocenters. The molecular weight excluding hydrogens is 564 g/mol. The van der Waals surface area contributed by atoms with E-state index in [0.717, 1.165) is 0 Å². The van der Waals surface area contributed by atoms with Gasteiger partial charge in [0.2, 0.25) is 11.7 Å². The fourth-order valence-electron chi connectivity index (χ4n) is 5.97. The second-order valence-electron chi connectivity index (χ2n) is 10.2. The Hall–Kier alpha value is -3.42. The van der Waals surface area contributed by atoms with Crippen molar-refractivity contribution in [3.8, 4) is 5.75 Å². The SMILES string of the molecule is CN(C)c1cc(NC(=O)CBr)c(O)c2c1C[C@H]1C[C@H]3[C@H](N(C)C)C(=O)C(C(N)=O)=C(O)[C@@]3(O)C(=O)C1=C2O. The number of anilines is 2. The number of carbonyl (C=O) groups is 4. The van der Waals surface area contributed by atoms with Crippen LogP contribution in [0.5, 0.6) is 5.75 Å². The lowest BCUT2D eigenvalue weighted by Gasteiger charge is -2.50. The number of likely N-dealkylation sites (N-methyl/N-ethyl adjacent to an activating group) is 1. The van der Waals surface area contributed by atoms with Crippen molar-refractivity contribution in [1.82, 2.24) is 4.90 Å². The summed E-state index contributed by atoms with van der Waals surface area (Å²) in [5.74, 6) is -7.78. The predicted octanol–water partition coefficient (Wildman–Crippen LogP) is 0.363. The summed E-state index contributed by atoms with van der Waals surface area (Å²) in [4.78, 5) is 54.4. The average molecular weight is 593 g/mol. The summed E-state index contributed by atoms with van der Waals surface area (Å²) in [5.41, 5.74) is 2.44. The number of halogens is 1. The molecule has 3 aliphatic rings. The number of rotatable bonds is 5. The van der Waals surface area contributed by atoms with Crippen LogP contribution in [0.1, 0.15) is 17.5 Å². The highest BCUT2D eigenvalue weighted by Gasteiger charge is 2.64. The van der Waals surface area contributed by atoms with Crippen LogP contribution in [0, 0.1) is 11.8 Å². The minimum atomic E-state index is -2.72. The van der Waals surface area contributed by atoms with Gasteiger partial charge in [-0.25, -0.2) is 0 Å². The molecule has 0 bridgehead atoms. The van der Waals surface area contributed by atoms with Crippen LogP contribution in [0.4, 0.5) is 11.4 Å². The van der Waals surface area contributed by atoms with Gasteiger partial charge in [-0.15, -0.1) is 0 Å². The van der Waals surface area contributed by atoms with Crippen LogP contribution in [0.25, 0.3) is 5.76 Å². The van der Waals surface area contributed by atoms with Gasteiger partial charge < -0.3 is 36.4 Å². The summed E-state index contributed by atoms with van der Waals surface area (Å²) < 4.78 is 0. The van der Waals surface area contributed by atoms with Crippen molar-refractivity contribution in [2.75, 3.05) is 43.7 Å². The van der Waals surface area contributed by atoms with Gasteiger partial charge in [0.1, 0.15) is 22.8 Å². The normalized spacial score (nSPS) is 26.7. The van der Waals surface area contributed by atoms with Crippen molar-refractivity contribution in [2.24, 2.45) is 17.6 Å². The third-order valence-electron chi connectivity index (χ3n) is 7.57. The molecule has 1 saturated carbocycles. The second-order valence-corrected chi connectivity index (χ2v) is 10.7. The van der Waals surface area contributed by atoms with E-state index in [9.17, 15) is 39.6 Å². The number of phenolic OH excluding ortho intramolecular Hbond substituents is 1. The van der Waals surface area contributed by atoms with Crippen molar-refractivity contribution < 1.29 is 39.6 Å². The van der Waals surface area contributed by atoms with Gasteiger partial charge in [0.25, 0.3) is 5.91 Å². The summed E-state index contributed by atoms with van der Waals surface area (Å²) in [5, 5.41) is 47.5. The molecule has 1 aromatic rings. The first-order valence-corrected chi connectivity index (χ1v) is 12.9. The van der Waals surface area contributed by atoms with Gasteiger partial charge in [0, 0.05) is 31.3 Å². The van der Waals surface area contributed by atoms with Gasteiger partial charge in [-0.1, -0.05) is 15.9 Å². The summed E-state index contributed by atoms with van der Waals surface area (Å²) in [6, 6.07) is 0.394. The number of aromatic hydroxyl groups is 1. The average Bonchev–Trinajstić information content (AvgIpc) is 2.82. The highest BCUT2D eigenvalue weighted by Crippen LogP contribution is 2.54. The summed E-state index contributed by atoms with van der Waals surface area (Å²) in [6.45, 7) is 0. The number of fused-ring (bicyclic) bond motifs is 3. The number of nitrogens with one attached hydrogen (secondary N) is 1. The minimum Gasteiger partial charge on any atom is -0.508 e. The van der Waals surface area contributed by atoms with Crippen molar-refractivity contribution in [3.05, 3.63) is 34.1 Å². The monoisotopic (exact) mass is 592 g/mol. The molecule has 12 nitrogen and oxygen atoms in total. The van der Waals surface area contributed by atoms with Crippen LogP contribution in [-0.2, 0) is 25.6 Å². The molecule has 4 rings (SSSR count). The maximum Gasteiger partial charge on any atom is 0.255 e. The van der Waals surface area contributed by atoms with Gasteiger partial charge in [-0.05, 0) is 44.5 Å². The summed E-state index contributed by atoms with van der Waals surface area (Å²) in [6.07, 6.45) is 0.129. The molecule has 0 aromatic heterocycles. The summed E-state index contributed by atoms with van der Waals surface area (Å²) in [7, 11) is 6.55. The van der Waals surface area contributed by atoms with Crippen molar-refractivity contribution >= 4 is 56.4 Å². The van der Waals surface area contributed by atoms with Gasteiger partial charge in [-0.2, -0.15) is 0 Å². The smallest absolute Gasteiger partial charge is 0.255 e. The number of aliphatic hydroxyl groups excluding tert-OH is 2. The Balaban J connectivity index is 1.99. The fraction of sp³-hybridized carbons (Fsp3) is 0.440. The van der Waals surface area contributed by atoms with E-state index in [1.54, 1.807) is 39.2 Å². The van der Waals surface area contributed by atoms with Crippen LogP contribution in [-0.4, -0.2) is 93.9 Å². The maximum absolute atomic E-state index is 13.9. The van der Waals surface area contributed by atoms with E-state index < -0.39 is 69.7 Å². The van der Waals surface area contributed by atoms with Crippen LogP contribution in [0.15, 0.2) is 23.0 Å². The standard InChI is InChI=1S/C25H29BrN4O8/c1-29(2)13-7-12(28-14(31)8-26)19(32)16-10(13)5-9-6-11-18(30(3)4)21(34)17(24(27)37)23(36)25(11,38)22(35)15(9)20(16)33/h7,9,11,18,32-33,36,38H,5-6,8H2,1-4H3,(H2,27,37)(H,28,31)/t9-,11-,18-,25-/m0/s1. The third kappa shape index (κ3) is 3.79. The zero-order valence-corrected chi connectivity index (χ0v) is 22.8. The number of alkyl halides is 1. The zero-order valence-electron chi connectivity index (χ0n) is 21.2. The first kappa shape index (κ1) is 27.6. The van der Waals surface area contributed by atoms with E-state index in [-0.39, 0.29) is 35.0 Å². The van der Waals surface area contributed by atoms with E-state index in [1.807, 2.05) is 0 Å². The highest BCUT2D eigenvalue weighted by atomic mass is 79.9. The third-order valence-corrected chi connectivity index (χ3v) is 8.08. The van der Waals surface area contributed by atoms with Gasteiger partial charge >= 0.3 is 0 Å². The molecule has 204 valence electrons. The quantitative estimate of drug-likeness (QED) is 0.158.